The number of allylic oxidation sites excluding steroid dienone is 4. The van der Waals surface area contributed by atoms with Gasteiger partial charge in [-0.05, 0) is 119 Å². The summed E-state index contributed by atoms with van der Waals surface area (Å²) in [5.41, 5.74) is 1.53. The van der Waals surface area contributed by atoms with Crippen LogP contribution in [0.15, 0.2) is 35.3 Å². The van der Waals surface area contributed by atoms with Crippen LogP contribution < -0.4 is 0 Å². The number of fused-ring (bicyclic) bond motifs is 1. The summed E-state index contributed by atoms with van der Waals surface area (Å²) in [5.74, 6) is 3.60. The van der Waals surface area contributed by atoms with Crippen LogP contribution in [0.25, 0.3) is 0 Å². The first-order valence-corrected chi connectivity index (χ1v) is 18.5. The van der Waals surface area contributed by atoms with Crippen LogP contribution in [-0.4, -0.2) is 55.7 Å². The zero-order valence-electron chi connectivity index (χ0n) is 26.9. The third kappa shape index (κ3) is 7.70. The largest absolute Gasteiger partial charge is 0.469 e. The van der Waals surface area contributed by atoms with E-state index in [1.807, 2.05) is 37.8 Å². The Balaban J connectivity index is 1.28. The Labute approximate surface area is 264 Å². The smallest absolute Gasteiger partial charge is 0.199 e. The van der Waals surface area contributed by atoms with Gasteiger partial charge in [0, 0.05) is 23.0 Å². The fraction of sp³-hybridized carbons (Fsp3) is 0.833. The quantitative estimate of drug-likeness (QED) is 0.145. The molecule has 0 bridgehead atoms. The predicted octanol–water partition coefficient (Wildman–Crippen LogP) is 7.08. The van der Waals surface area contributed by atoms with Crippen molar-refractivity contribution in [3.63, 3.8) is 0 Å². The van der Waals surface area contributed by atoms with Crippen molar-refractivity contribution in [2.24, 2.45) is 41.4 Å². The Morgan fingerprint density at radius 2 is 1.19 bits per heavy atom. The molecule has 3 fully saturated rings. The van der Waals surface area contributed by atoms with Gasteiger partial charge in [0.05, 0.1) is 17.5 Å². The van der Waals surface area contributed by atoms with Gasteiger partial charge in [-0.1, -0.05) is 39.3 Å². The summed E-state index contributed by atoms with van der Waals surface area (Å²) in [7, 11) is 0. The van der Waals surface area contributed by atoms with Gasteiger partial charge in [-0.25, -0.2) is 0 Å². The lowest BCUT2D eigenvalue weighted by Gasteiger charge is -2.37. The molecule has 4 aliphatic carbocycles. The molecule has 7 heteroatoms. The molecule has 5 aliphatic rings. The lowest BCUT2D eigenvalue weighted by atomic mass is 9.78. The molecule has 9 atom stereocenters. The van der Waals surface area contributed by atoms with Crippen LogP contribution in [0.1, 0.15) is 111 Å². The van der Waals surface area contributed by atoms with E-state index in [-0.39, 0.29) is 35.2 Å². The van der Waals surface area contributed by atoms with E-state index in [0.29, 0.717) is 23.0 Å². The molecular weight excluding hydrogens is 560 g/mol. The van der Waals surface area contributed by atoms with Gasteiger partial charge in [0.2, 0.25) is 0 Å². The van der Waals surface area contributed by atoms with Gasteiger partial charge in [0.15, 0.2) is 12.6 Å². The Kier molecular flexibility index (Phi) is 11.7. The van der Waals surface area contributed by atoms with Crippen LogP contribution in [0.2, 0.25) is 0 Å². The zero-order valence-corrected chi connectivity index (χ0v) is 27.8. The second-order valence-electron chi connectivity index (χ2n) is 14.5. The van der Waals surface area contributed by atoms with Crippen molar-refractivity contribution in [1.29, 1.82) is 0 Å². The van der Waals surface area contributed by atoms with Crippen molar-refractivity contribution in [1.82, 2.24) is 0 Å². The minimum atomic E-state index is -0.855. The predicted molar refractivity (Wildman–Crippen MR) is 173 cm³/mol. The van der Waals surface area contributed by atoms with E-state index >= 15 is 0 Å². The highest BCUT2D eigenvalue weighted by Crippen LogP contribution is 2.55. The van der Waals surface area contributed by atoms with E-state index in [1.165, 1.54) is 12.0 Å². The average molecular weight is 619 g/mol. The number of hydrogen-bond donors (Lipinski definition) is 4. The number of rotatable bonds is 11. The number of thioether (sulfide) groups is 1. The topological polar surface area (TPSA) is 99.4 Å². The van der Waals surface area contributed by atoms with Crippen LogP contribution >= 0.6 is 11.8 Å². The second kappa shape index (κ2) is 15.1. The van der Waals surface area contributed by atoms with Crippen LogP contribution in [-0.2, 0) is 9.47 Å². The monoisotopic (exact) mass is 618 g/mol. The number of aliphatic hydroxyl groups excluding tert-OH is 4. The van der Waals surface area contributed by atoms with Crippen molar-refractivity contribution < 1.29 is 29.9 Å². The number of ether oxygens (including phenoxy) is 2. The lowest BCUT2D eigenvalue weighted by molar-refractivity contribution is -0.132. The summed E-state index contributed by atoms with van der Waals surface area (Å²) in [6.07, 6.45) is 16.5. The maximum absolute atomic E-state index is 11.3. The molecule has 244 valence electrons. The van der Waals surface area contributed by atoms with Gasteiger partial charge in [-0.15, -0.1) is 11.8 Å². The molecule has 0 aromatic rings. The minimum Gasteiger partial charge on any atom is -0.469 e. The van der Waals surface area contributed by atoms with Crippen LogP contribution in [0.3, 0.4) is 0 Å². The molecule has 1 saturated heterocycles. The summed E-state index contributed by atoms with van der Waals surface area (Å²) in [4.78, 5) is 0. The summed E-state index contributed by atoms with van der Waals surface area (Å²) in [6.45, 7) is 8.72. The SMILES string of the molecule is CCC(O)C1CCC(C(O)OC2=CC=C(OC(O)C3CCC(C(O)CC)CC3)C3C2SC(C2=CCC(C)CC2)[C@H]3C)CC1. The Bertz CT molecular complexity index is 994. The van der Waals surface area contributed by atoms with Gasteiger partial charge in [-0.2, -0.15) is 0 Å². The molecule has 0 amide bonds. The molecule has 5 rings (SSSR count). The minimum absolute atomic E-state index is 0.0378. The Hall–Kier alpha value is -0.990. The van der Waals surface area contributed by atoms with Crippen molar-refractivity contribution >= 4 is 11.8 Å². The van der Waals surface area contributed by atoms with Crippen molar-refractivity contribution in [2.45, 2.75) is 146 Å². The van der Waals surface area contributed by atoms with E-state index in [4.69, 9.17) is 9.47 Å². The molecule has 4 N–H and O–H groups in total. The molecule has 0 radical (unpaired) electrons. The maximum Gasteiger partial charge on any atom is 0.199 e. The third-order valence-corrected chi connectivity index (χ3v) is 13.5. The summed E-state index contributed by atoms with van der Waals surface area (Å²) >= 11 is 1.95. The first kappa shape index (κ1) is 33.4. The molecule has 6 nitrogen and oxygen atoms in total. The van der Waals surface area contributed by atoms with Gasteiger partial charge in [0.1, 0.15) is 11.5 Å². The van der Waals surface area contributed by atoms with Gasteiger partial charge < -0.3 is 29.9 Å². The molecule has 1 heterocycles. The molecule has 0 spiro atoms. The summed E-state index contributed by atoms with van der Waals surface area (Å²) in [5, 5.41) is 43.5. The van der Waals surface area contributed by atoms with Crippen LogP contribution in [0, 0.1) is 41.4 Å². The molecule has 8 unspecified atom stereocenters. The van der Waals surface area contributed by atoms with E-state index < -0.39 is 12.6 Å². The standard InChI is InChI=1S/C36H58O6S/c1-5-28(37)23-11-15-26(16-12-23)35(39)41-30-19-20-31(42-36(40)27-17-13-24(14-18-27)29(38)6-2)34-32(30)22(4)33(43-34)25-9-7-21(3)8-10-25/h9,19-24,26-29,32-40H,5-8,10-18H2,1-4H3/t21?,22-,23?,24?,26?,27?,28?,29?,32?,33?,34?,35?,36?/m0/s1. The highest BCUT2D eigenvalue weighted by molar-refractivity contribution is 8.01. The van der Waals surface area contributed by atoms with Gasteiger partial charge in [0.25, 0.3) is 0 Å². The van der Waals surface area contributed by atoms with Gasteiger partial charge >= 0.3 is 0 Å². The van der Waals surface area contributed by atoms with Gasteiger partial charge in [-0.3, -0.25) is 0 Å². The molecule has 2 saturated carbocycles. The van der Waals surface area contributed by atoms with Crippen LogP contribution in [0.5, 0.6) is 0 Å². The fourth-order valence-corrected chi connectivity index (χ4v) is 10.5. The molecule has 0 aromatic carbocycles. The molecule has 1 aliphatic heterocycles. The van der Waals surface area contributed by atoms with Crippen molar-refractivity contribution in [2.75, 3.05) is 0 Å². The molecular formula is C36H58O6S. The molecule has 43 heavy (non-hydrogen) atoms. The van der Waals surface area contributed by atoms with E-state index in [0.717, 1.165) is 94.5 Å². The average Bonchev–Trinajstić information content (AvgIpc) is 3.39. The van der Waals surface area contributed by atoms with E-state index in [1.54, 1.807) is 0 Å². The first-order chi connectivity index (χ1) is 20.7. The highest BCUT2D eigenvalue weighted by Gasteiger charge is 2.50. The fourth-order valence-electron chi connectivity index (χ4n) is 8.51. The van der Waals surface area contributed by atoms with Crippen molar-refractivity contribution in [3.8, 4) is 0 Å². The van der Waals surface area contributed by atoms with Crippen LogP contribution in [0.4, 0.5) is 0 Å². The summed E-state index contributed by atoms with van der Waals surface area (Å²) in [6, 6.07) is 0. The third-order valence-electron chi connectivity index (χ3n) is 11.6. The number of hydrogen-bond acceptors (Lipinski definition) is 7. The number of aliphatic hydroxyl groups is 4. The second-order valence-corrected chi connectivity index (χ2v) is 15.8. The zero-order chi connectivity index (χ0) is 30.7. The van der Waals surface area contributed by atoms with E-state index in [9.17, 15) is 20.4 Å². The highest BCUT2D eigenvalue weighted by atomic mass is 32.2. The first-order valence-electron chi connectivity index (χ1n) is 17.5. The summed E-state index contributed by atoms with van der Waals surface area (Å²) < 4.78 is 12.8. The Morgan fingerprint density at radius 1 is 0.698 bits per heavy atom. The normalized spacial score (nSPS) is 39.4. The molecule has 0 aromatic heterocycles. The Morgan fingerprint density at radius 3 is 1.67 bits per heavy atom. The van der Waals surface area contributed by atoms with Crippen molar-refractivity contribution in [3.05, 3.63) is 35.3 Å². The maximum atomic E-state index is 11.3. The lowest BCUT2D eigenvalue weighted by Crippen LogP contribution is -2.36. The van der Waals surface area contributed by atoms with E-state index in [2.05, 4.69) is 19.9 Å².